The second-order valence-corrected chi connectivity index (χ2v) is 7.50. The number of ketones is 1. The van der Waals surface area contributed by atoms with Crippen LogP contribution in [0.4, 0.5) is 4.39 Å². The van der Waals surface area contributed by atoms with Crippen molar-refractivity contribution in [3.8, 4) is 5.69 Å². The lowest BCUT2D eigenvalue weighted by atomic mass is 10.1. The molecule has 1 aromatic heterocycles. The van der Waals surface area contributed by atoms with Crippen molar-refractivity contribution in [2.24, 2.45) is 0 Å². The Morgan fingerprint density at radius 1 is 1.04 bits per heavy atom. The number of carbonyl (C=O) groups is 1. The summed E-state index contributed by atoms with van der Waals surface area (Å²) >= 11 is 0. The smallest absolute Gasteiger partial charge is 0.266 e. The minimum absolute atomic E-state index is 0.0508. The summed E-state index contributed by atoms with van der Waals surface area (Å²) in [6, 6.07) is 9.46. The van der Waals surface area contributed by atoms with Gasteiger partial charge in [-0.05, 0) is 42.9 Å². The van der Waals surface area contributed by atoms with Crippen LogP contribution in [0.1, 0.15) is 21.7 Å². The van der Waals surface area contributed by atoms with Crippen LogP contribution in [0.3, 0.4) is 0 Å². The van der Waals surface area contributed by atoms with E-state index < -0.39 is 11.6 Å². The first-order valence-corrected chi connectivity index (χ1v) is 9.32. The predicted octanol–water partition coefficient (Wildman–Crippen LogP) is 1.82. The number of piperazine rings is 1. The van der Waals surface area contributed by atoms with Crippen molar-refractivity contribution < 1.29 is 9.18 Å². The fourth-order valence-electron chi connectivity index (χ4n) is 3.98. The zero-order valence-corrected chi connectivity index (χ0v) is 15.5. The lowest BCUT2D eigenvalue weighted by Crippen LogP contribution is -2.43. The molecule has 2 aliphatic heterocycles. The molecular weight excluding hydrogens is 359 g/mol. The van der Waals surface area contributed by atoms with Crippen LogP contribution < -0.4 is 5.56 Å². The Morgan fingerprint density at radius 2 is 1.82 bits per heavy atom. The van der Waals surface area contributed by atoms with E-state index in [2.05, 4.69) is 21.8 Å². The average molecular weight is 378 g/mol. The lowest BCUT2D eigenvalue weighted by molar-refractivity contribution is 0.103. The standard InChI is InChI=1S/C21H19FN4O2/c1-24-6-8-25(9-7-24)12-13-2-4-15-17(10-13)23-20-19(27)16-11-14(22)3-5-18(16)26(20)21(15)28/h2-5,10-11H,6-9,12H2,1H3. The Morgan fingerprint density at radius 3 is 2.61 bits per heavy atom. The monoisotopic (exact) mass is 378 g/mol. The van der Waals surface area contributed by atoms with Crippen LogP contribution in [0.25, 0.3) is 16.6 Å². The second-order valence-electron chi connectivity index (χ2n) is 7.50. The van der Waals surface area contributed by atoms with E-state index in [1.807, 2.05) is 12.1 Å². The molecule has 5 rings (SSSR count). The summed E-state index contributed by atoms with van der Waals surface area (Å²) < 4.78 is 14.9. The number of likely N-dealkylation sites (N-methyl/N-ethyl adjacent to an activating group) is 1. The van der Waals surface area contributed by atoms with Crippen LogP contribution in [-0.2, 0) is 6.54 Å². The van der Waals surface area contributed by atoms with Gasteiger partial charge in [-0.1, -0.05) is 6.07 Å². The first-order chi connectivity index (χ1) is 13.5. The third-order valence-corrected chi connectivity index (χ3v) is 5.58. The van der Waals surface area contributed by atoms with Crippen LogP contribution in [0.15, 0.2) is 41.2 Å². The summed E-state index contributed by atoms with van der Waals surface area (Å²) in [7, 11) is 2.12. The molecular formula is C21H19FN4O2. The summed E-state index contributed by atoms with van der Waals surface area (Å²) in [6.45, 7) is 4.83. The van der Waals surface area contributed by atoms with Gasteiger partial charge in [0.15, 0.2) is 5.82 Å². The lowest BCUT2D eigenvalue weighted by Gasteiger charge is -2.32. The van der Waals surface area contributed by atoms with Gasteiger partial charge >= 0.3 is 0 Å². The van der Waals surface area contributed by atoms with Gasteiger partial charge in [0.1, 0.15) is 5.82 Å². The largest absolute Gasteiger partial charge is 0.304 e. The number of rotatable bonds is 2. The Hall–Kier alpha value is -2.90. The van der Waals surface area contributed by atoms with Gasteiger partial charge in [-0.15, -0.1) is 0 Å². The molecule has 28 heavy (non-hydrogen) atoms. The Kier molecular flexibility index (Phi) is 3.89. The number of hydrogen-bond acceptors (Lipinski definition) is 5. The van der Waals surface area contributed by atoms with E-state index in [4.69, 9.17) is 0 Å². The topological polar surface area (TPSA) is 58.4 Å². The van der Waals surface area contributed by atoms with Gasteiger partial charge in [0, 0.05) is 32.7 Å². The molecule has 3 aromatic rings. The minimum atomic E-state index is -0.507. The number of nitrogens with zero attached hydrogens (tertiary/aromatic N) is 4. The number of carbonyl (C=O) groups excluding carboxylic acids is 1. The second kappa shape index (κ2) is 6.32. The highest BCUT2D eigenvalue weighted by atomic mass is 19.1. The summed E-state index contributed by atoms with van der Waals surface area (Å²) in [5.74, 6) is -0.875. The van der Waals surface area contributed by atoms with Crippen LogP contribution in [0.2, 0.25) is 0 Å². The number of hydrogen-bond donors (Lipinski definition) is 0. The highest BCUT2D eigenvalue weighted by molar-refractivity contribution is 6.13. The molecule has 0 bridgehead atoms. The van der Waals surface area contributed by atoms with Crippen molar-refractivity contribution in [3.05, 3.63) is 69.5 Å². The molecule has 6 nitrogen and oxygen atoms in total. The van der Waals surface area contributed by atoms with Gasteiger partial charge < -0.3 is 4.90 Å². The van der Waals surface area contributed by atoms with Gasteiger partial charge in [0.05, 0.1) is 22.2 Å². The molecule has 1 saturated heterocycles. The maximum atomic E-state index is 13.6. The highest BCUT2D eigenvalue weighted by Gasteiger charge is 2.30. The van der Waals surface area contributed by atoms with E-state index in [0.29, 0.717) is 16.6 Å². The van der Waals surface area contributed by atoms with Gasteiger partial charge in [-0.2, -0.15) is 0 Å². The van der Waals surface area contributed by atoms with Crippen LogP contribution >= 0.6 is 0 Å². The van der Waals surface area contributed by atoms with E-state index in [1.165, 1.54) is 16.7 Å². The number of halogens is 1. The molecule has 142 valence electrons. The summed E-state index contributed by atoms with van der Waals surface area (Å²) in [5.41, 5.74) is 1.83. The molecule has 0 radical (unpaired) electrons. The van der Waals surface area contributed by atoms with Crippen molar-refractivity contribution in [1.82, 2.24) is 19.4 Å². The molecule has 0 aliphatic carbocycles. The van der Waals surface area contributed by atoms with Crippen LogP contribution in [-0.4, -0.2) is 58.4 Å². The molecule has 1 fully saturated rings. The zero-order valence-electron chi connectivity index (χ0n) is 15.5. The Balaban J connectivity index is 1.56. The SMILES string of the molecule is CN1CCN(Cc2ccc3c(=O)n4c(nc3c2)C(=O)c2cc(F)ccc2-4)CC1. The van der Waals surface area contributed by atoms with Crippen molar-refractivity contribution in [2.45, 2.75) is 6.54 Å². The van der Waals surface area contributed by atoms with Crippen molar-refractivity contribution in [2.75, 3.05) is 33.2 Å². The van der Waals surface area contributed by atoms with E-state index in [9.17, 15) is 14.0 Å². The molecule has 0 amide bonds. The van der Waals surface area contributed by atoms with Crippen molar-refractivity contribution in [1.29, 1.82) is 0 Å². The van der Waals surface area contributed by atoms with E-state index in [-0.39, 0.29) is 16.9 Å². The first kappa shape index (κ1) is 17.2. The molecule has 0 unspecified atom stereocenters. The number of benzene rings is 2. The normalized spacial score (nSPS) is 17.1. The highest BCUT2D eigenvalue weighted by Crippen LogP contribution is 2.27. The molecule has 2 aliphatic rings. The summed E-state index contributed by atoms with van der Waals surface area (Å²) in [6.07, 6.45) is 0. The number of fused-ring (bicyclic) bond motifs is 4. The third-order valence-electron chi connectivity index (χ3n) is 5.58. The average Bonchev–Trinajstić information content (AvgIpc) is 2.96. The molecule has 7 heteroatoms. The van der Waals surface area contributed by atoms with Gasteiger partial charge in [0.2, 0.25) is 5.78 Å². The third kappa shape index (κ3) is 2.66. The molecule has 3 heterocycles. The molecule has 2 aromatic carbocycles. The Labute approximate surface area is 160 Å². The maximum absolute atomic E-state index is 13.6. The maximum Gasteiger partial charge on any atom is 0.266 e. The molecule has 0 saturated carbocycles. The Bertz CT molecular complexity index is 1180. The van der Waals surface area contributed by atoms with E-state index in [0.717, 1.165) is 44.4 Å². The van der Waals surface area contributed by atoms with E-state index >= 15 is 0 Å². The molecule has 0 N–H and O–H groups in total. The van der Waals surface area contributed by atoms with Crippen LogP contribution in [0, 0.1) is 5.82 Å². The van der Waals surface area contributed by atoms with Crippen LogP contribution in [0.5, 0.6) is 0 Å². The molecule has 0 spiro atoms. The van der Waals surface area contributed by atoms with Crippen molar-refractivity contribution in [3.63, 3.8) is 0 Å². The van der Waals surface area contributed by atoms with E-state index in [1.54, 1.807) is 6.07 Å². The number of aromatic nitrogens is 2. The predicted molar refractivity (Wildman–Crippen MR) is 104 cm³/mol. The van der Waals surface area contributed by atoms with Gasteiger partial charge in [-0.3, -0.25) is 19.1 Å². The quantitative estimate of drug-likeness (QED) is 0.533. The minimum Gasteiger partial charge on any atom is -0.304 e. The summed E-state index contributed by atoms with van der Waals surface area (Å²) in [5, 5.41) is 0.454. The molecule has 0 atom stereocenters. The van der Waals surface area contributed by atoms with Crippen molar-refractivity contribution >= 4 is 16.7 Å². The fourth-order valence-corrected chi connectivity index (χ4v) is 3.98. The fraction of sp³-hybridized carbons (Fsp3) is 0.286. The summed E-state index contributed by atoms with van der Waals surface area (Å²) in [4.78, 5) is 34.8. The zero-order chi connectivity index (χ0) is 19.4. The van der Waals surface area contributed by atoms with Gasteiger partial charge in [0.25, 0.3) is 5.56 Å². The first-order valence-electron chi connectivity index (χ1n) is 9.32. The van der Waals surface area contributed by atoms with Gasteiger partial charge in [-0.25, -0.2) is 9.37 Å².